The number of hydrogen-bond acceptors (Lipinski definition) is 3. The highest BCUT2D eigenvalue weighted by molar-refractivity contribution is 5.84. The highest BCUT2D eigenvalue weighted by atomic mass is 15.2. The maximum Gasteiger partial charge on any atom is 0.186 e. The van der Waals surface area contributed by atoms with Crippen LogP contribution in [0.2, 0.25) is 0 Å². The first-order valence-corrected chi connectivity index (χ1v) is 3.08. The van der Waals surface area contributed by atoms with Gasteiger partial charge in [0, 0.05) is 6.20 Å². The maximum absolute atomic E-state index is 5.68. The van der Waals surface area contributed by atoms with E-state index in [0.717, 1.165) is 5.69 Å². The second-order valence-corrected chi connectivity index (χ2v) is 2.30. The van der Waals surface area contributed by atoms with Crippen LogP contribution in [-0.2, 0) is 5.66 Å². The molecule has 1 aliphatic heterocycles. The molecule has 1 unspecified atom stereocenters. The number of aliphatic imine (C=N–C) groups is 1. The lowest BCUT2D eigenvalue weighted by Crippen LogP contribution is -2.24. The summed E-state index contributed by atoms with van der Waals surface area (Å²) in [6, 6.07) is 5.63. The Morgan fingerprint density at radius 1 is 1.40 bits per heavy atom. The highest BCUT2D eigenvalue weighted by Gasteiger charge is 2.34. The summed E-state index contributed by atoms with van der Waals surface area (Å²) in [4.78, 5) is 7.96. The summed E-state index contributed by atoms with van der Waals surface area (Å²) >= 11 is 0. The molecule has 0 bridgehead atoms. The van der Waals surface area contributed by atoms with Gasteiger partial charge in [0.1, 0.15) is 0 Å². The van der Waals surface area contributed by atoms with Gasteiger partial charge in [0.2, 0.25) is 0 Å². The smallest absolute Gasteiger partial charge is 0.186 e. The fourth-order valence-electron chi connectivity index (χ4n) is 0.801. The van der Waals surface area contributed by atoms with Crippen molar-refractivity contribution in [3.05, 3.63) is 30.1 Å². The first kappa shape index (κ1) is 5.56. The highest BCUT2D eigenvalue weighted by Crippen LogP contribution is 2.24. The molecule has 10 heavy (non-hydrogen) atoms. The van der Waals surface area contributed by atoms with Gasteiger partial charge in [0.25, 0.3) is 0 Å². The Balaban J connectivity index is 2.36. The van der Waals surface area contributed by atoms with Gasteiger partial charge < -0.3 is 0 Å². The van der Waals surface area contributed by atoms with Crippen molar-refractivity contribution in [2.45, 2.75) is 5.66 Å². The zero-order chi connectivity index (χ0) is 7.03. The molecular formula is C7H7N3. The van der Waals surface area contributed by atoms with Gasteiger partial charge in [-0.3, -0.25) is 15.7 Å². The molecule has 1 aromatic heterocycles. The lowest BCUT2D eigenvalue weighted by molar-refractivity contribution is 0.730. The minimum absolute atomic E-state index is 0.568. The molecule has 0 spiro atoms. The fourth-order valence-corrected chi connectivity index (χ4v) is 0.801. The van der Waals surface area contributed by atoms with Gasteiger partial charge in [-0.15, -0.1) is 0 Å². The van der Waals surface area contributed by atoms with Crippen LogP contribution in [0.3, 0.4) is 0 Å². The fraction of sp³-hybridized carbons (Fsp3) is 0.143. The molecule has 1 aromatic rings. The number of hydrogen-bond donors (Lipinski definition) is 1. The molecular weight excluding hydrogens is 126 g/mol. The Hall–Kier alpha value is -1.22. The van der Waals surface area contributed by atoms with Crippen molar-refractivity contribution in [2.75, 3.05) is 0 Å². The number of nitrogens with two attached hydrogens (primary N) is 1. The molecule has 0 saturated heterocycles. The number of aromatic nitrogens is 1. The van der Waals surface area contributed by atoms with Crippen LogP contribution < -0.4 is 5.73 Å². The predicted octanol–water partition coefficient (Wildman–Crippen LogP) is 0.278. The van der Waals surface area contributed by atoms with E-state index in [9.17, 15) is 0 Å². The third-order valence-corrected chi connectivity index (χ3v) is 1.48. The Bertz CT molecular complexity index is 259. The van der Waals surface area contributed by atoms with Crippen LogP contribution in [0.4, 0.5) is 0 Å². The Kier molecular flexibility index (Phi) is 0.910. The summed E-state index contributed by atoms with van der Waals surface area (Å²) in [5.41, 5.74) is 5.93. The zero-order valence-electron chi connectivity index (χ0n) is 5.36. The lowest BCUT2D eigenvalue weighted by atomic mass is 10.2. The normalized spacial score (nSPS) is 28.5. The average Bonchev–Trinajstić information content (AvgIpc) is 2.72. The topological polar surface area (TPSA) is 51.3 Å². The van der Waals surface area contributed by atoms with Crippen molar-refractivity contribution in [1.82, 2.24) is 4.98 Å². The van der Waals surface area contributed by atoms with Gasteiger partial charge in [-0.2, -0.15) is 0 Å². The van der Waals surface area contributed by atoms with E-state index in [1.165, 1.54) is 0 Å². The van der Waals surface area contributed by atoms with Gasteiger partial charge in [0.05, 0.1) is 11.9 Å². The molecule has 0 fully saturated rings. The Morgan fingerprint density at radius 2 is 2.20 bits per heavy atom. The van der Waals surface area contributed by atoms with Crippen LogP contribution in [0.1, 0.15) is 5.69 Å². The van der Waals surface area contributed by atoms with Crippen LogP contribution in [0.15, 0.2) is 29.4 Å². The van der Waals surface area contributed by atoms with E-state index in [1.54, 1.807) is 12.4 Å². The van der Waals surface area contributed by atoms with Crippen LogP contribution in [0, 0.1) is 0 Å². The average molecular weight is 133 g/mol. The third kappa shape index (κ3) is 0.717. The van der Waals surface area contributed by atoms with Gasteiger partial charge >= 0.3 is 0 Å². The first-order chi connectivity index (χ1) is 4.81. The van der Waals surface area contributed by atoms with Crippen molar-refractivity contribution < 1.29 is 0 Å². The van der Waals surface area contributed by atoms with Crippen LogP contribution in [0.25, 0.3) is 0 Å². The van der Waals surface area contributed by atoms with Crippen LogP contribution in [0.5, 0.6) is 0 Å². The molecule has 3 nitrogen and oxygen atoms in total. The SMILES string of the molecule is NC1(c2ccccn2)C=N1. The van der Waals surface area contributed by atoms with Crippen molar-refractivity contribution in [3.63, 3.8) is 0 Å². The van der Waals surface area contributed by atoms with E-state index >= 15 is 0 Å². The summed E-state index contributed by atoms with van der Waals surface area (Å²) in [7, 11) is 0. The van der Waals surface area contributed by atoms with Gasteiger partial charge in [0.15, 0.2) is 5.66 Å². The van der Waals surface area contributed by atoms with E-state index < -0.39 is 5.66 Å². The molecule has 0 amide bonds. The molecule has 0 aliphatic carbocycles. The zero-order valence-corrected chi connectivity index (χ0v) is 5.36. The molecule has 0 saturated carbocycles. The summed E-state index contributed by atoms with van der Waals surface area (Å²) in [5.74, 6) is 0. The minimum atomic E-state index is -0.568. The monoisotopic (exact) mass is 133 g/mol. The molecule has 3 heteroatoms. The van der Waals surface area contributed by atoms with Crippen molar-refractivity contribution in [1.29, 1.82) is 0 Å². The Labute approximate surface area is 58.6 Å². The van der Waals surface area contributed by atoms with Gasteiger partial charge in [-0.05, 0) is 12.1 Å². The molecule has 1 aliphatic rings. The van der Waals surface area contributed by atoms with E-state index in [2.05, 4.69) is 9.98 Å². The van der Waals surface area contributed by atoms with Crippen molar-refractivity contribution in [2.24, 2.45) is 10.7 Å². The van der Waals surface area contributed by atoms with Crippen molar-refractivity contribution >= 4 is 6.21 Å². The van der Waals surface area contributed by atoms with Gasteiger partial charge in [-0.25, -0.2) is 0 Å². The van der Waals surface area contributed by atoms with E-state index in [0.29, 0.717) is 0 Å². The molecule has 2 rings (SSSR count). The largest absolute Gasteiger partial charge is 0.297 e. The summed E-state index contributed by atoms with van der Waals surface area (Å²) in [6.07, 6.45) is 3.40. The molecule has 2 heterocycles. The number of nitrogens with zero attached hydrogens (tertiary/aromatic N) is 2. The molecule has 0 aromatic carbocycles. The molecule has 0 radical (unpaired) electrons. The second-order valence-electron chi connectivity index (χ2n) is 2.30. The third-order valence-electron chi connectivity index (χ3n) is 1.48. The van der Waals surface area contributed by atoms with E-state index in [-0.39, 0.29) is 0 Å². The quantitative estimate of drug-likeness (QED) is 0.598. The summed E-state index contributed by atoms with van der Waals surface area (Å²) in [6.45, 7) is 0. The first-order valence-electron chi connectivity index (χ1n) is 3.08. The lowest BCUT2D eigenvalue weighted by Gasteiger charge is -2.03. The van der Waals surface area contributed by atoms with E-state index in [1.807, 2.05) is 18.2 Å². The molecule has 50 valence electrons. The van der Waals surface area contributed by atoms with Crippen LogP contribution >= 0.6 is 0 Å². The van der Waals surface area contributed by atoms with Gasteiger partial charge in [-0.1, -0.05) is 6.07 Å². The number of rotatable bonds is 1. The molecule has 2 N–H and O–H groups in total. The minimum Gasteiger partial charge on any atom is -0.297 e. The maximum atomic E-state index is 5.68. The Morgan fingerprint density at radius 3 is 2.70 bits per heavy atom. The standard InChI is InChI=1S/C7H7N3/c8-7(5-10-7)6-3-1-2-4-9-6/h1-5H,8H2. The molecule has 1 atom stereocenters. The summed E-state index contributed by atoms with van der Waals surface area (Å²) in [5, 5.41) is 0. The predicted molar refractivity (Wildman–Crippen MR) is 38.6 cm³/mol. The number of pyridine rings is 1. The van der Waals surface area contributed by atoms with Crippen molar-refractivity contribution in [3.8, 4) is 0 Å². The van der Waals surface area contributed by atoms with Crippen LogP contribution in [-0.4, -0.2) is 11.2 Å². The second kappa shape index (κ2) is 1.64. The van der Waals surface area contributed by atoms with E-state index in [4.69, 9.17) is 5.73 Å². The summed E-state index contributed by atoms with van der Waals surface area (Å²) < 4.78 is 0.